The molecule has 0 saturated heterocycles. The van der Waals surface area contributed by atoms with Gasteiger partial charge in [-0.1, -0.05) is 23.7 Å². The Bertz CT molecular complexity index is 818. The van der Waals surface area contributed by atoms with E-state index >= 15 is 0 Å². The van der Waals surface area contributed by atoms with Crippen LogP contribution in [-0.2, 0) is 19.1 Å². The van der Waals surface area contributed by atoms with Crippen LogP contribution in [0.25, 0.3) is 0 Å². The topological polar surface area (TPSA) is 58.4 Å². The summed E-state index contributed by atoms with van der Waals surface area (Å²) in [6.07, 6.45) is -4.60. The van der Waals surface area contributed by atoms with Crippen molar-refractivity contribution in [2.75, 3.05) is 6.54 Å². The highest BCUT2D eigenvalue weighted by molar-refractivity contribution is 6.30. The second-order valence-corrected chi connectivity index (χ2v) is 6.57. The molecular weight excluding hydrogens is 371 g/mol. The number of benzene rings is 1. The molecule has 140 valence electrons. The van der Waals surface area contributed by atoms with E-state index in [0.29, 0.717) is 37.2 Å². The predicted octanol–water partition coefficient (Wildman–Crippen LogP) is 4.53. The van der Waals surface area contributed by atoms with Crippen molar-refractivity contribution in [3.8, 4) is 0 Å². The summed E-state index contributed by atoms with van der Waals surface area (Å²) < 4.78 is 39.9. The fourth-order valence-electron chi connectivity index (χ4n) is 3.34. The number of alkyl halides is 3. The lowest BCUT2D eigenvalue weighted by Gasteiger charge is -2.35. The van der Waals surface area contributed by atoms with E-state index in [4.69, 9.17) is 11.6 Å². The van der Waals surface area contributed by atoms with Crippen LogP contribution in [0.2, 0.25) is 5.15 Å². The van der Waals surface area contributed by atoms with Gasteiger partial charge in [-0.25, -0.2) is 9.78 Å². The molecule has 0 saturated carbocycles. The number of aryl methyl sites for hydroxylation is 2. The Kier molecular flexibility index (Phi) is 4.88. The first kappa shape index (κ1) is 18.6. The van der Waals surface area contributed by atoms with E-state index in [1.165, 1.54) is 17.0 Å². The summed E-state index contributed by atoms with van der Waals surface area (Å²) in [4.78, 5) is 17.1. The molecule has 2 aromatic rings. The molecule has 1 aromatic heterocycles. The van der Waals surface area contributed by atoms with Crippen LogP contribution in [-0.4, -0.2) is 32.2 Å². The standard InChI is InChI=1S/C17H17ClF3N3O2/c1-10-22-15(18)14-13(24(16(25)26)9-8-23(10)14)7-4-11-2-5-12(6-3-11)17(19,20)21/h2-3,5-6,13H,4,7-9H2,1H3,(H,25,26). The molecule has 5 nitrogen and oxygen atoms in total. The average Bonchev–Trinajstić information content (AvgIpc) is 2.86. The van der Waals surface area contributed by atoms with Crippen LogP contribution in [0.4, 0.5) is 18.0 Å². The first-order valence-electron chi connectivity index (χ1n) is 8.06. The number of hydrogen-bond acceptors (Lipinski definition) is 2. The van der Waals surface area contributed by atoms with Gasteiger partial charge in [0.2, 0.25) is 0 Å². The second-order valence-electron chi connectivity index (χ2n) is 6.21. The van der Waals surface area contributed by atoms with Crippen LogP contribution in [0.5, 0.6) is 0 Å². The number of hydrogen-bond donors (Lipinski definition) is 1. The molecule has 1 aliphatic rings. The Hall–Kier alpha value is -2.22. The number of amides is 1. The van der Waals surface area contributed by atoms with Gasteiger partial charge < -0.3 is 9.67 Å². The minimum atomic E-state index is -4.38. The smallest absolute Gasteiger partial charge is 0.416 e. The summed E-state index contributed by atoms with van der Waals surface area (Å²) >= 11 is 6.20. The number of carboxylic acid groups (broad SMARTS) is 1. The maximum absolute atomic E-state index is 12.7. The lowest BCUT2D eigenvalue weighted by Crippen LogP contribution is -2.41. The number of carbonyl (C=O) groups is 1. The van der Waals surface area contributed by atoms with E-state index in [2.05, 4.69) is 4.98 Å². The van der Waals surface area contributed by atoms with E-state index in [0.717, 1.165) is 18.0 Å². The average molecular weight is 388 g/mol. The quantitative estimate of drug-likeness (QED) is 0.841. The number of imidazole rings is 1. The first-order chi connectivity index (χ1) is 12.2. The van der Waals surface area contributed by atoms with E-state index in [9.17, 15) is 23.1 Å². The van der Waals surface area contributed by atoms with Crippen LogP contribution in [0, 0.1) is 6.92 Å². The fourth-order valence-corrected chi connectivity index (χ4v) is 3.69. The molecule has 1 N–H and O–H groups in total. The van der Waals surface area contributed by atoms with Crippen LogP contribution in [0.3, 0.4) is 0 Å². The summed E-state index contributed by atoms with van der Waals surface area (Å²) in [7, 11) is 0. The molecule has 1 unspecified atom stereocenters. The van der Waals surface area contributed by atoms with Crippen molar-refractivity contribution in [1.82, 2.24) is 14.5 Å². The van der Waals surface area contributed by atoms with Crippen LogP contribution >= 0.6 is 11.6 Å². The third kappa shape index (κ3) is 3.51. The highest BCUT2D eigenvalue weighted by Crippen LogP contribution is 2.35. The largest absolute Gasteiger partial charge is 0.465 e. The summed E-state index contributed by atoms with van der Waals surface area (Å²) in [5, 5.41) is 9.75. The molecule has 1 amide bonds. The van der Waals surface area contributed by atoms with Crippen molar-refractivity contribution >= 4 is 17.7 Å². The second kappa shape index (κ2) is 6.83. The Balaban J connectivity index is 1.82. The predicted molar refractivity (Wildman–Crippen MR) is 89.2 cm³/mol. The van der Waals surface area contributed by atoms with Crippen LogP contribution in [0.1, 0.15) is 35.1 Å². The van der Waals surface area contributed by atoms with Crippen molar-refractivity contribution < 1.29 is 23.1 Å². The maximum atomic E-state index is 12.7. The molecule has 1 aliphatic heterocycles. The molecule has 0 spiro atoms. The minimum absolute atomic E-state index is 0.269. The van der Waals surface area contributed by atoms with Crippen LogP contribution < -0.4 is 0 Å². The zero-order chi connectivity index (χ0) is 19.1. The van der Waals surface area contributed by atoms with E-state index < -0.39 is 23.9 Å². The number of halogens is 4. The van der Waals surface area contributed by atoms with Crippen molar-refractivity contribution in [2.45, 2.75) is 38.5 Å². The molecule has 0 radical (unpaired) electrons. The zero-order valence-electron chi connectivity index (χ0n) is 13.9. The lowest BCUT2D eigenvalue weighted by molar-refractivity contribution is -0.137. The summed E-state index contributed by atoms with van der Waals surface area (Å²) in [5.74, 6) is 0.717. The van der Waals surface area contributed by atoms with Gasteiger partial charge in [0.05, 0.1) is 17.3 Å². The maximum Gasteiger partial charge on any atom is 0.416 e. The Labute approximate surface area is 153 Å². The minimum Gasteiger partial charge on any atom is -0.465 e. The lowest BCUT2D eigenvalue weighted by atomic mass is 9.99. The molecule has 2 heterocycles. The van der Waals surface area contributed by atoms with Gasteiger partial charge in [0, 0.05) is 13.1 Å². The van der Waals surface area contributed by atoms with Gasteiger partial charge in [0.15, 0.2) is 5.15 Å². The van der Waals surface area contributed by atoms with Crippen LogP contribution in [0.15, 0.2) is 24.3 Å². The Morgan fingerprint density at radius 1 is 1.31 bits per heavy atom. The molecule has 26 heavy (non-hydrogen) atoms. The molecule has 0 bridgehead atoms. The molecule has 9 heteroatoms. The molecule has 1 atom stereocenters. The molecule has 0 aliphatic carbocycles. The molecular formula is C17H17ClF3N3O2. The van der Waals surface area contributed by atoms with Gasteiger partial charge in [0.25, 0.3) is 0 Å². The zero-order valence-corrected chi connectivity index (χ0v) is 14.7. The molecule has 1 aromatic carbocycles. The number of fused-ring (bicyclic) bond motifs is 1. The number of rotatable bonds is 3. The van der Waals surface area contributed by atoms with Gasteiger partial charge in [-0.3, -0.25) is 4.90 Å². The monoisotopic (exact) mass is 387 g/mol. The van der Waals surface area contributed by atoms with Gasteiger partial charge in [-0.2, -0.15) is 13.2 Å². The number of aromatic nitrogens is 2. The summed E-state index contributed by atoms with van der Waals surface area (Å²) in [5.41, 5.74) is 0.639. The van der Waals surface area contributed by atoms with Gasteiger partial charge in [0.1, 0.15) is 5.82 Å². The van der Waals surface area contributed by atoms with E-state index in [-0.39, 0.29) is 5.15 Å². The molecule has 0 fully saturated rings. The van der Waals surface area contributed by atoms with Crippen molar-refractivity contribution in [2.24, 2.45) is 0 Å². The fraction of sp³-hybridized carbons (Fsp3) is 0.412. The Morgan fingerprint density at radius 2 is 1.96 bits per heavy atom. The number of nitrogens with zero attached hydrogens (tertiary/aromatic N) is 3. The summed E-state index contributed by atoms with van der Waals surface area (Å²) in [6, 6.07) is 4.42. The molecule has 3 rings (SSSR count). The third-order valence-corrected chi connectivity index (χ3v) is 4.92. The normalized spacial score (nSPS) is 17.3. The first-order valence-corrected chi connectivity index (χ1v) is 8.44. The van der Waals surface area contributed by atoms with Crippen molar-refractivity contribution in [3.05, 3.63) is 52.1 Å². The third-order valence-electron chi connectivity index (χ3n) is 4.64. The Morgan fingerprint density at radius 3 is 2.54 bits per heavy atom. The van der Waals surface area contributed by atoms with Crippen molar-refractivity contribution in [1.29, 1.82) is 0 Å². The highest BCUT2D eigenvalue weighted by atomic mass is 35.5. The van der Waals surface area contributed by atoms with Gasteiger partial charge in [-0.15, -0.1) is 0 Å². The van der Waals surface area contributed by atoms with Crippen molar-refractivity contribution in [3.63, 3.8) is 0 Å². The van der Waals surface area contributed by atoms with E-state index in [1.54, 1.807) is 6.92 Å². The highest BCUT2D eigenvalue weighted by Gasteiger charge is 2.34. The van der Waals surface area contributed by atoms with Gasteiger partial charge in [-0.05, 0) is 37.5 Å². The summed E-state index contributed by atoms with van der Waals surface area (Å²) in [6.45, 7) is 2.59. The van der Waals surface area contributed by atoms with Gasteiger partial charge >= 0.3 is 12.3 Å². The SMILES string of the molecule is Cc1nc(Cl)c2n1CCN(C(=O)O)C2CCc1ccc(C(F)(F)F)cc1. The van der Waals surface area contributed by atoms with E-state index in [1.807, 2.05) is 4.57 Å².